The van der Waals surface area contributed by atoms with Gasteiger partial charge in [0.15, 0.2) is 5.01 Å². The quantitative estimate of drug-likeness (QED) is 0.851. The molecule has 0 atom stereocenters. The van der Waals surface area contributed by atoms with Gasteiger partial charge in [-0.15, -0.1) is 22.6 Å². The molecule has 0 aliphatic rings. The molecular formula is C7H11ClF2N4OS. The molecule has 1 aromatic heterocycles. The molecule has 1 aromatic rings. The SMILES string of the molecule is CNCCC(=O)Nc1nnc(C(F)F)s1.Cl. The maximum Gasteiger partial charge on any atom is 0.291 e. The molecule has 0 saturated carbocycles. The summed E-state index contributed by atoms with van der Waals surface area (Å²) < 4.78 is 24.2. The summed E-state index contributed by atoms with van der Waals surface area (Å²) in [6, 6.07) is 0. The first kappa shape index (κ1) is 15.1. The summed E-state index contributed by atoms with van der Waals surface area (Å²) in [5, 5.41) is 11.6. The third-order valence-corrected chi connectivity index (χ3v) is 2.32. The fraction of sp³-hybridized carbons (Fsp3) is 0.571. The van der Waals surface area contributed by atoms with E-state index in [1.165, 1.54) is 0 Å². The molecule has 2 N–H and O–H groups in total. The number of halogens is 3. The molecule has 0 unspecified atom stereocenters. The summed E-state index contributed by atoms with van der Waals surface area (Å²) in [4.78, 5) is 11.2. The van der Waals surface area contributed by atoms with E-state index in [0.717, 1.165) is 0 Å². The van der Waals surface area contributed by atoms with Gasteiger partial charge in [-0.05, 0) is 7.05 Å². The van der Waals surface area contributed by atoms with Crippen molar-refractivity contribution < 1.29 is 13.6 Å². The number of hydrogen-bond acceptors (Lipinski definition) is 5. The maximum absolute atomic E-state index is 12.1. The second-order valence-corrected chi connectivity index (χ2v) is 3.66. The lowest BCUT2D eigenvalue weighted by atomic mass is 10.4. The lowest BCUT2D eigenvalue weighted by Gasteiger charge is -1.99. The van der Waals surface area contributed by atoms with Crippen LogP contribution in [0.4, 0.5) is 13.9 Å². The summed E-state index contributed by atoms with van der Waals surface area (Å²) in [5.41, 5.74) is 0. The van der Waals surface area contributed by atoms with Crippen molar-refractivity contribution in [3.8, 4) is 0 Å². The van der Waals surface area contributed by atoms with Gasteiger partial charge < -0.3 is 10.6 Å². The van der Waals surface area contributed by atoms with Gasteiger partial charge in [-0.2, -0.15) is 0 Å². The summed E-state index contributed by atoms with van der Waals surface area (Å²) in [5.74, 6) is -0.277. The van der Waals surface area contributed by atoms with Crippen LogP contribution in [0.3, 0.4) is 0 Å². The first-order chi connectivity index (χ1) is 7.13. The lowest BCUT2D eigenvalue weighted by molar-refractivity contribution is -0.116. The third kappa shape index (κ3) is 4.77. The van der Waals surface area contributed by atoms with Crippen LogP contribution in [0.5, 0.6) is 0 Å². The average molecular weight is 273 g/mol. The second-order valence-electron chi connectivity index (χ2n) is 2.65. The predicted molar refractivity (Wildman–Crippen MR) is 59.3 cm³/mol. The normalized spacial score (nSPS) is 10.0. The number of hydrogen-bond donors (Lipinski definition) is 2. The van der Waals surface area contributed by atoms with Gasteiger partial charge in [0.25, 0.3) is 6.43 Å². The summed E-state index contributed by atoms with van der Waals surface area (Å²) in [6.07, 6.45) is -2.38. The zero-order valence-electron chi connectivity index (χ0n) is 8.37. The van der Waals surface area contributed by atoms with Gasteiger partial charge in [-0.25, -0.2) is 8.78 Å². The van der Waals surface area contributed by atoms with Crippen molar-refractivity contribution in [2.45, 2.75) is 12.8 Å². The van der Waals surface area contributed by atoms with Gasteiger partial charge >= 0.3 is 0 Å². The number of nitrogens with zero attached hydrogens (tertiary/aromatic N) is 2. The molecule has 16 heavy (non-hydrogen) atoms. The molecular weight excluding hydrogens is 262 g/mol. The Kier molecular flexibility index (Phi) is 7.02. The Hall–Kier alpha value is -0.860. The molecule has 0 bridgehead atoms. The van der Waals surface area contributed by atoms with Crippen LogP contribution in [0.25, 0.3) is 0 Å². The molecule has 0 aliphatic heterocycles. The largest absolute Gasteiger partial charge is 0.319 e. The summed E-state index contributed by atoms with van der Waals surface area (Å²) >= 11 is 0.678. The van der Waals surface area contributed by atoms with E-state index in [4.69, 9.17) is 0 Å². The predicted octanol–water partition coefficient (Wildman–Crippen LogP) is 1.45. The number of carbonyl (C=O) groups excluding carboxylic acids is 1. The number of nitrogens with one attached hydrogen (secondary N) is 2. The van der Waals surface area contributed by atoms with Crippen molar-refractivity contribution in [3.05, 3.63) is 5.01 Å². The number of aromatic nitrogens is 2. The van der Waals surface area contributed by atoms with Crippen LogP contribution in [0, 0.1) is 0 Å². The fourth-order valence-corrected chi connectivity index (χ4v) is 1.41. The van der Waals surface area contributed by atoms with Crippen molar-refractivity contribution in [1.29, 1.82) is 0 Å². The van der Waals surface area contributed by atoms with Crippen LogP contribution in [-0.4, -0.2) is 29.7 Å². The molecule has 0 aliphatic carbocycles. The Balaban J connectivity index is 0.00000225. The molecule has 0 fully saturated rings. The van der Waals surface area contributed by atoms with Crippen molar-refractivity contribution in [2.75, 3.05) is 18.9 Å². The Labute approximate surface area is 101 Å². The zero-order chi connectivity index (χ0) is 11.3. The van der Waals surface area contributed by atoms with Crippen LogP contribution >= 0.6 is 23.7 Å². The lowest BCUT2D eigenvalue weighted by Crippen LogP contribution is -2.18. The number of amides is 1. The van der Waals surface area contributed by atoms with Crippen LogP contribution in [0.1, 0.15) is 17.9 Å². The van der Waals surface area contributed by atoms with E-state index in [2.05, 4.69) is 20.8 Å². The first-order valence-corrected chi connectivity index (χ1v) is 5.01. The monoisotopic (exact) mass is 272 g/mol. The minimum Gasteiger partial charge on any atom is -0.319 e. The molecule has 1 rings (SSSR count). The van der Waals surface area contributed by atoms with Gasteiger partial charge in [-0.1, -0.05) is 11.3 Å². The highest BCUT2D eigenvalue weighted by atomic mass is 35.5. The molecule has 1 amide bonds. The van der Waals surface area contributed by atoms with Crippen molar-refractivity contribution in [1.82, 2.24) is 15.5 Å². The van der Waals surface area contributed by atoms with Gasteiger partial charge in [0.05, 0.1) is 0 Å². The Morgan fingerprint density at radius 2 is 2.19 bits per heavy atom. The van der Waals surface area contributed by atoms with Gasteiger partial charge in [-0.3, -0.25) is 4.79 Å². The molecule has 9 heteroatoms. The van der Waals surface area contributed by atoms with Crippen LogP contribution in [-0.2, 0) is 4.79 Å². The van der Waals surface area contributed by atoms with Gasteiger partial charge in [0.1, 0.15) is 0 Å². The standard InChI is InChI=1S/C7H10F2N4OS.ClH/c1-10-3-2-4(14)11-7-13-12-6(15-7)5(8)9;/h5,10H,2-3H2,1H3,(H,11,13,14);1H. The minimum absolute atomic E-state index is 0. The van der Waals surface area contributed by atoms with Crippen molar-refractivity contribution >= 4 is 34.8 Å². The highest BCUT2D eigenvalue weighted by Crippen LogP contribution is 2.24. The number of rotatable bonds is 5. The summed E-state index contributed by atoms with van der Waals surface area (Å²) in [6.45, 7) is 0.520. The second kappa shape index (κ2) is 7.42. The Morgan fingerprint density at radius 3 is 2.69 bits per heavy atom. The van der Waals surface area contributed by atoms with Gasteiger partial charge in [0, 0.05) is 13.0 Å². The van der Waals surface area contributed by atoms with E-state index in [-0.39, 0.29) is 34.9 Å². The van der Waals surface area contributed by atoms with Crippen LogP contribution in [0.15, 0.2) is 0 Å². The van der Waals surface area contributed by atoms with E-state index in [1.807, 2.05) is 0 Å². The molecule has 0 spiro atoms. The minimum atomic E-state index is -2.65. The first-order valence-electron chi connectivity index (χ1n) is 4.19. The number of carbonyl (C=O) groups is 1. The fourth-order valence-electron chi connectivity index (χ4n) is 0.794. The van der Waals surface area contributed by atoms with Crippen molar-refractivity contribution in [3.63, 3.8) is 0 Å². The van der Waals surface area contributed by atoms with Crippen LogP contribution in [0.2, 0.25) is 0 Å². The number of anilines is 1. The Morgan fingerprint density at radius 1 is 1.50 bits per heavy atom. The maximum atomic E-state index is 12.1. The van der Waals surface area contributed by atoms with E-state index in [1.54, 1.807) is 7.05 Å². The third-order valence-electron chi connectivity index (χ3n) is 1.48. The highest BCUT2D eigenvalue weighted by Gasteiger charge is 2.14. The molecule has 0 aromatic carbocycles. The van der Waals surface area contributed by atoms with E-state index < -0.39 is 6.43 Å². The molecule has 92 valence electrons. The highest BCUT2D eigenvalue weighted by molar-refractivity contribution is 7.15. The average Bonchev–Trinajstić information content (AvgIpc) is 2.63. The smallest absolute Gasteiger partial charge is 0.291 e. The van der Waals surface area contributed by atoms with E-state index >= 15 is 0 Å². The topological polar surface area (TPSA) is 66.9 Å². The molecule has 0 saturated heterocycles. The zero-order valence-corrected chi connectivity index (χ0v) is 10.00. The molecule has 5 nitrogen and oxygen atoms in total. The summed E-state index contributed by atoms with van der Waals surface area (Å²) in [7, 11) is 1.72. The molecule has 0 radical (unpaired) electrons. The number of alkyl halides is 2. The van der Waals surface area contributed by atoms with E-state index in [9.17, 15) is 13.6 Å². The van der Waals surface area contributed by atoms with Crippen LogP contribution < -0.4 is 10.6 Å². The van der Waals surface area contributed by atoms with E-state index in [0.29, 0.717) is 17.9 Å². The Bertz CT molecular complexity index is 336. The molecule has 1 heterocycles. The van der Waals surface area contributed by atoms with Gasteiger partial charge in [0.2, 0.25) is 11.0 Å². The van der Waals surface area contributed by atoms with Crippen molar-refractivity contribution in [2.24, 2.45) is 0 Å².